The molecule has 0 aliphatic heterocycles. The average molecular weight is 294 g/mol. The van der Waals surface area contributed by atoms with Crippen molar-refractivity contribution in [3.8, 4) is 0 Å². The highest BCUT2D eigenvalue weighted by atomic mass is 35.5. The number of hydrogen-bond acceptors (Lipinski definition) is 2. The molecule has 0 amide bonds. The molecule has 0 spiro atoms. The third-order valence-corrected chi connectivity index (χ3v) is 3.99. The van der Waals surface area contributed by atoms with Crippen LogP contribution in [0.3, 0.4) is 0 Å². The van der Waals surface area contributed by atoms with Gasteiger partial charge in [0.2, 0.25) is 0 Å². The number of nitrogens with two attached hydrogens (primary N) is 1. The van der Waals surface area contributed by atoms with Crippen molar-refractivity contribution in [1.29, 1.82) is 0 Å². The molecule has 0 saturated heterocycles. The molecule has 0 aliphatic carbocycles. The molecule has 1 atom stereocenters. The van der Waals surface area contributed by atoms with Crippen LogP contribution in [0.2, 0.25) is 5.02 Å². The normalized spacial score (nSPS) is 14.0. The number of benzene rings is 2. The number of rotatable bonds is 5. The summed E-state index contributed by atoms with van der Waals surface area (Å²) in [5, 5.41) is 10.4. The number of hydrogen-bond donors (Lipinski definition) is 2. The molecule has 2 rings (SSSR count). The molecule has 20 heavy (non-hydrogen) atoms. The molecule has 2 aromatic carbocycles. The quantitative estimate of drug-likeness (QED) is 0.890. The lowest BCUT2D eigenvalue weighted by molar-refractivity contribution is 0.196. The van der Waals surface area contributed by atoms with E-state index >= 15 is 0 Å². The Balaban J connectivity index is 2.42. The fraction of sp³-hybridized carbons (Fsp3) is 0.250. The Bertz CT molecular complexity index is 584. The van der Waals surface area contributed by atoms with Crippen molar-refractivity contribution in [1.82, 2.24) is 0 Å². The summed E-state index contributed by atoms with van der Waals surface area (Å²) in [7, 11) is 0. The predicted molar refractivity (Wildman–Crippen MR) is 79.4 cm³/mol. The van der Waals surface area contributed by atoms with Gasteiger partial charge < -0.3 is 10.8 Å². The summed E-state index contributed by atoms with van der Waals surface area (Å²) in [6.07, 6.45) is 0.461. The van der Waals surface area contributed by atoms with E-state index < -0.39 is 5.41 Å². The molecule has 4 heteroatoms. The van der Waals surface area contributed by atoms with Crippen LogP contribution in [0.15, 0.2) is 48.5 Å². The largest absolute Gasteiger partial charge is 0.395 e. The third kappa shape index (κ3) is 3.01. The Morgan fingerprint density at radius 2 is 1.90 bits per heavy atom. The fourth-order valence-electron chi connectivity index (χ4n) is 2.33. The predicted octanol–water partition coefficient (Wildman–Crippen LogP) is 2.91. The first-order chi connectivity index (χ1) is 9.61. The van der Waals surface area contributed by atoms with Crippen LogP contribution in [-0.4, -0.2) is 18.3 Å². The molecule has 0 saturated carbocycles. The third-order valence-electron chi connectivity index (χ3n) is 3.62. The highest BCUT2D eigenvalue weighted by Gasteiger charge is 2.31. The van der Waals surface area contributed by atoms with Gasteiger partial charge in [0.25, 0.3) is 0 Å². The Kier molecular flexibility index (Phi) is 4.76. The van der Waals surface area contributed by atoms with Crippen molar-refractivity contribution in [2.45, 2.75) is 11.8 Å². The smallest absolute Gasteiger partial charge is 0.123 e. The SMILES string of the molecule is NCC(CO)(Cc1ccccc1Cl)c1cccc(F)c1. The summed E-state index contributed by atoms with van der Waals surface area (Å²) in [5.74, 6) is -0.340. The van der Waals surface area contributed by atoms with E-state index in [0.29, 0.717) is 17.0 Å². The second kappa shape index (κ2) is 6.35. The zero-order chi connectivity index (χ0) is 14.6. The van der Waals surface area contributed by atoms with Gasteiger partial charge in [-0.2, -0.15) is 0 Å². The maximum atomic E-state index is 13.4. The molecular formula is C16H17ClFNO. The lowest BCUT2D eigenvalue weighted by Crippen LogP contribution is -2.41. The van der Waals surface area contributed by atoms with Gasteiger partial charge in [-0.05, 0) is 35.7 Å². The Morgan fingerprint density at radius 1 is 1.15 bits per heavy atom. The van der Waals surface area contributed by atoms with Gasteiger partial charge in [0.05, 0.1) is 6.61 Å². The summed E-state index contributed by atoms with van der Waals surface area (Å²) < 4.78 is 13.4. The summed E-state index contributed by atoms with van der Waals surface area (Å²) in [5.41, 5.74) is 6.71. The van der Waals surface area contributed by atoms with Crippen molar-refractivity contribution in [3.05, 3.63) is 70.5 Å². The summed E-state index contributed by atoms with van der Waals surface area (Å²) in [4.78, 5) is 0. The molecule has 2 nitrogen and oxygen atoms in total. The number of aliphatic hydroxyl groups excluding tert-OH is 1. The topological polar surface area (TPSA) is 46.2 Å². The van der Waals surface area contributed by atoms with E-state index in [4.69, 9.17) is 17.3 Å². The molecule has 0 radical (unpaired) electrons. The van der Waals surface area contributed by atoms with Gasteiger partial charge in [-0.15, -0.1) is 0 Å². The monoisotopic (exact) mass is 293 g/mol. The van der Waals surface area contributed by atoms with Crippen molar-refractivity contribution in [2.24, 2.45) is 5.73 Å². The minimum Gasteiger partial charge on any atom is -0.395 e. The molecule has 1 unspecified atom stereocenters. The first-order valence-electron chi connectivity index (χ1n) is 6.42. The molecule has 3 N–H and O–H groups in total. The van der Waals surface area contributed by atoms with Crippen molar-refractivity contribution in [3.63, 3.8) is 0 Å². The van der Waals surface area contributed by atoms with Crippen molar-refractivity contribution in [2.75, 3.05) is 13.2 Å². The van der Waals surface area contributed by atoms with E-state index in [9.17, 15) is 9.50 Å². The van der Waals surface area contributed by atoms with Gasteiger partial charge in [-0.3, -0.25) is 0 Å². The Morgan fingerprint density at radius 3 is 2.50 bits per heavy atom. The van der Waals surface area contributed by atoms with Crippen LogP contribution in [0.1, 0.15) is 11.1 Å². The van der Waals surface area contributed by atoms with Crippen LogP contribution in [-0.2, 0) is 11.8 Å². The van der Waals surface area contributed by atoms with Gasteiger partial charge in [-0.1, -0.05) is 41.9 Å². The second-order valence-corrected chi connectivity index (χ2v) is 5.33. The zero-order valence-corrected chi connectivity index (χ0v) is 11.8. The second-order valence-electron chi connectivity index (χ2n) is 4.92. The van der Waals surface area contributed by atoms with Gasteiger partial charge in [0.15, 0.2) is 0 Å². The molecule has 0 fully saturated rings. The van der Waals surface area contributed by atoms with Gasteiger partial charge in [0, 0.05) is 17.0 Å². The Hall–Kier alpha value is -1.42. The maximum absolute atomic E-state index is 13.4. The minimum absolute atomic E-state index is 0.168. The molecule has 0 bridgehead atoms. The van der Waals surface area contributed by atoms with Crippen LogP contribution in [0.5, 0.6) is 0 Å². The lowest BCUT2D eigenvalue weighted by Gasteiger charge is -2.31. The maximum Gasteiger partial charge on any atom is 0.123 e. The lowest BCUT2D eigenvalue weighted by atomic mass is 9.76. The van der Waals surface area contributed by atoms with Crippen LogP contribution < -0.4 is 5.73 Å². The summed E-state index contributed by atoms with van der Waals surface area (Å²) in [6, 6.07) is 13.6. The number of halogens is 2. The number of aliphatic hydroxyl groups is 1. The summed E-state index contributed by atoms with van der Waals surface area (Å²) >= 11 is 6.17. The van der Waals surface area contributed by atoms with Gasteiger partial charge >= 0.3 is 0 Å². The average Bonchev–Trinajstić information content (AvgIpc) is 2.47. The highest BCUT2D eigenvalue weighted by molar-refractivity contribution is 6.31. The van der Waals surface area contributed by atoms with Crippen molar-refractivity contribution >= 4 is 11.6 Å². The van der Waals surface area contributed by atoms with E-state index in [1.165, 1.54) is 12.1 Å². The van der Waals surface area contributed by atoms with E-state index in [2.05, 4.69) is 0 Å². The molecular weight excluding hydrogens is 277 g/mol. The molecule has 2 aromatic rings. The van der Waals surface area contributed by atoms with Crippen LogP contribution in [0.25, 0.3) is 0 Å². The van der Waals surface area contributed by atoms with E-state index in [1.54, 1.807) is 18.2 Å². The first kappa shape index (κ1) is 15.0. The van der Waals surface area contributed by atoms with E-state index in [-0.39, 0.29) is 19.0 Å². The van der Waals surface area contributed by atoms with Crippen LogP contribution in [0, 0.1) is 5.82 Å². The fourth-order valence-corrected chi connectivity index (χ4v) is 2.53. The zero-order valence-electron chi connectivity index (χ0n) is 11.0. The van der Waals surface area contributed by atoms with Crippen molar-refractivity contribution < 1.29 is 9.50 Å². The molecule has 0 aromatic heterocycles. The highest BCUT2D eigenvalue weighted by Crippen LogP contribution is 2.30. The summed E-state index contributed by atoms with van der Waals surface area (Å²) in [6.45, 7) is 0.0380. The minimum atomic E-state index is -0.729. The molecule has 0 heterocycles. The van der Waals surface area contributed by atoms with Crippen LogP contribution in [0.4, 0.5) is 4.39 Å². The standard InChI is InChI=1S/C16H17ClFNO/c17-15-7-2-1-4-12(15)9-16(10-19,11-20)13-5-3-6-14(18)8-13/h1-8,20H,9-11,19H2. The molecule has 0 aliphatic rings. The van der Waals surface area contributed by atoms with E-state index in [0.717, 1.165) is 5.56 Å². The first-order valence-corrected chi connectivity index (χ1v) is 6.79. The van der Waals surface area contributed by atoms with E-state index in [1.807, 2.05) is 18.2 Å². The van der Waals surface area contributed by atoms with Gasteiger partial charge in [-0.25, -0.2) is 4.39 Å². The van der Waals surface area contributed by atoms with Crippen LogP contribution >= 0.6 is 11.6 Å². The molecule has 106 valence electrons. The Labute approximate surface area is 123 Å². The van der Waals surface area contributed by atoms with Gasteiger partial charge in [0.1, 0.15) is 5.82 Å².